The number of fused-ring (bicyclic) bond motifs is 1. The number of aryl methyl sites for hydroxylation is 1. The number of benzene rings is 1. The van der Waals surface area contributed by atoms with Crippen LogP contribution in [0.25, 0.3) is 0 Å². The van der Waals surface area contributed by atoms with Crippen LogP contribution < -0.4 is 0 Å². The van der Waals surface area contributed by atoms with Crippen LogP contribution in [0.2, 0.25) is 4.34 Å². The highest BCUT2D eigenvalue weighted by molar-refractivity contribution is 14.1. The van der Waals surface area contributed by atoms with Gasteiger partial charge in [0.05, 0.1) is 10.9 Å². The Morgan fingerprint density at radius 2 is 2.17 bits per heavy atom. The summed E-state index contributed by atoms with van der Waals surface area (Å²) in [5.74, 6) is 0.225. The first-order valence-electron chi connectivity index (χ1n) is 7.38. The van der Waals surface area contributed by atoms with Crippen molar-refractivity contribution in [3.05, 3.63) is 68.4 Å². The molecule has 2 heterocycles. The van der Waals surface area contributed by atoms with Crippen molar-refractivity contribution in [2.75, 3.05) is 11.0 Å². The highest BCUT2D eigenvalue weighted by Crippen LogP contribution is 2.41. The molecule has 1 aliphatic heterocycles. The van der Waals surface area contributed by atoms with Gasteiger partial charge >= 0.3 is 0 Å². The molecule has 1 atom stereocenters. The maximum atomic E-state index is 12.6. The molecule has 1 aromatic heterocycles. The topological polar surface area (TPSA) is 20.3 Å². The van der Waals surface area contributed by atoms with E-state index in [2.05, 4.69) is 60.4 Å². The Hall–Kier alpha value is -0.850. The van der Waals surface area contributed by atoms with E-state index in [1.807, 2.05) is 11.0 Å². The van der Waals surface area contributed by atoms with Crippen LogP contribution in [-0.4, -0.2) is 21.8 Å². The van der Waals surface area contributed by atoms with E-state index in [9.17, 15) is 4.79 Å². The minimum Gasteiger partial charge on any atom is -0.333 e. The first kappa shape index (κ1) is 17.0. The van der Waals surface area contributed by atoms with Crippen molar-refractivity contribution in [2.45, 2.75) is 19.4 Å². The Balaban J connectivity index is 2.03. The van der Waals surface area contributed by atoms with Gasteiger partial charge in [0, 0.05) is 27.3 Å². The van der Waals surface area contributed by atoms with E-state index in [0.717, 1.165) is 4.34 Å². The fourth-order valence-electron chi connectivity index (χ4n) is 3.06. The van der Waals surface area contributed by atoms with Gasteiger partial charge in [-0.15, -0.1) is 11.3 Å². The molecule has 0 fully saturated rings. The lowest BCUT2D eigenvalue weighted by Gasteiger charge is -2.34. The fraction of sp³-hybridized carbons (Fsp3) is 0.278. The van der Waals surface area contributed by atoms with Gasteiger partial charge in [0.25, 0.3) is 0 Å². The van der Waals surface area contributed by atoms with Crippen LogP contribution in [0.15, 0.2) is 42.5 Å². The van der Waals surface area contributed by atoms with E-state index in [0.29, 0.717) is 23.1 Å². The highest BCUT2D eigenvalue weighted by atomic mass is 127. The van der Waals surface area contributed by atoms with Crippen LogP contribution in [0.5, 0.6) is 0 Å². The highest BCUT2D eigenvalue weighted by Gasteiger charge is 2.32. The van der Waals surface area contributed by atoms with E-state index in [-0.39, 0.29) is 11.8 Å². The maximum Gasteiger partial charge on any atom is 0.250 e. The summed E-state index contributed by atoms with van der Waals surface area (Å²) in [6.07, 6.45) is 0. The van der Waals surface area contributed by atoms with Crippen LogP contribution in [0, 0.1) is 6.92 Å². The average molecular weight is 458 g/mol. The van der Waals surface area contributed by atoms with Gasteiger partial charge < -0.3 is 4.90 Å². The number of carbonyl (C=O) groups is 1. The molecule has 23 heavy (non-hydrogen) atoms. The van der Waals surface area contributed by atoms with Gasteiger partial charge in [-0.25, -0.2) is 0 Å². The molecule has 0 saturated heterocycles. The Morgan fingerprint density at radius 3 is 2.87 bits per heavy atom. The zero-order valence-corrected chi connectivity index (χ0v) is 16.5. The molecule has 120 valence electrons. The van der Waals surface area contributed by atoms with Gasteiger partial charge in [0.1, 0.15) is 0 Å². The number of rotatable bonds is 3. The molecule has 0 N–H and O–H groups in total. The van der Waals surface area contributed by atoms with E-state index < -0.39 is 0 Å². The van der Waals surface area contributed by atoms with Crippen LogP contribution in [0.4, 0.5) is 0 Å². The SMILES string of the molecule is C=C(CI)C(=O)N1Cc2sc(Cl)cc2[C@@H](c2ccccc2C)C1. The van der Waals surface area contributed by atoms with Gasteiger partial charge in [-0.05, 0) is 29.7 Å². The van der Waals surface area contributed by atoms with Crippen molar-refractivity contribution in [1.82, 2.24) is 4.90 Å². The molecular weight excluding hydrogens is 441 g/mol. The summed E-state index contributed by atoms with van der Waals surface area (Å²) in [5, 5.41) is 0. The summed E-state index contributed by atoms with van der Waals surface area (Å²) in [6, 6.07) is 10.4. The Bertz CT molecular complexity index is 770. The Labute approximate surface area is 159 Å². The summed E-state index contributed by atoms with van der Waals surface area (Å²) in [5.41, 5.74) is 4.42. The Morgan fingerprint density at radius 1 is 1.43 bits per heavy atom. The predicted octanol–water partition coefficient (Wildman–Crippen LogP) is 5.18. The molecule has 0 unspecified atom stereocenters. The van der Waals surface area contributed by atoms with Crippen molar-refractivity contribution in [3.8, 4) is 0 Å². The first-order chi connectivity index (χ1) is 11.0. The second-order valence-corrected chi connectivity index (χ2v) is 8.29. The normalized spacial score (nSPS) is 17.0. The molecule has 1 aliphatic rings. The van der Waals surface area contributed by atoms with Gasteiger partial charge in [0.15, 0.2) is 0 Å². The maximum absolute atomic E-state index is 12.6. The second kappa shape index (κ2) is 6.95. The minimum absolute atomic E-state index is 0.0492. The minimum atomic E-state index is 0.0492. The summed E-state index contributed by atoms with van der Waals surface area (Å²) >= 11 is 10.0. The van der Waals surface area contributed by atoms with E-state index in [4.69, 9.17) is 11.6 Å². The molecule has 1 amide bonds. The number of hydrogen-bond donors (Lipinski definition) is 0. The summed E-state index contributed by atoms with van der Waals surface area (Å²) < 4.78 is 1.44. The van der Waals surface area contributed by atoms with Crippen LogP contribution in [-0.2, 0) is 11.3 Å². The number of halogens is 2. The van der Waals surface area contributed by atoms with Crippen LogP contribution in [0.1, 0.15) is 27.5 Å². The largest absolute Gasteiger partial charge is 0.333 e. The molecule has 1 aromatic carbocycles. The predicted molar refractivity (Wildman–Crippen MR) is 106 cm³/mol. The zero-order chi connectivity index (χ0) is 16.6. The summed E-state index contributed by atoms with van der Waals surface area (Å²) in [6.45, 7) is 7.33. The lowest BCUT2D eigenvalue weighted by Crippen LogP contribution is -2.39. The summed E-state index contributed by atoms with van der Waals surface area (Å²) in [4.78, 5) is 15.7. The van der Waals surface area contributed by atoms with E-state index >= 15 is 0 Å². The molecule has 3 rings (SSSR count). The van der Waals surface area contributed by atoms with E-state index in [1.165, 1.54) is 21.6 Å². The fourth-order valence-corrected chi connectivity index (χ4v) is 4.75. The van der Waals surface area contributed by atoms with E-state index in [1.54, 1.807) is 11.3 Å². The number of nitrogens with zero attached hydrogens (tertiary/aromatic N) is 1. The molecule has 0 saturated carbocycles. The third-order valence-corrected chi connectivity index (χ3v) is 6.42. The molecule has 5 heteroatoms. The molecule has 2 aromatic rings. The van der Waals surface area contributed by atoms with Crippen molar-refractivity contribution < 1.29 is 4.79 Å². The molecule has 0 radical (unpaired) electrons. The molecule has 0 bridgehead atoms. The number of amides is 1. The number of alkyl halides is 1. The van der Waals surface area contributed by atoms with Crippen molar-refractivity contribution in [1.29, 1.82) is 0 Å². The number of thiophene rings is 1. The zero-order valence-electron chi connectivity index (χ0n) is 12.8. The average Bonchev–Trinajstić information content (AvgIpc) is 2.93. The lowest BCUT2D eigenvalue weighted by molar-refractivity contribution is -0.128. The van der Waals surface area contributed by atoms with Gasteiger partial charge in [0.2, 0.25) is 5.91 Å². The quantitative estimate of drug-likeness (QED) is 0.353. The van der Waals surface area contributed by atoms with Crippen molar-refractivity contribution >= 4 is 51.4 Å². The monoisotopic (exact) mass is 457 g/mol. The molecular formula is C18H17ClINOS. The van der Waals surface area contributed by atoms with Gasteiger partial charge in [-0.3, -0.25) is 4.79 Å². The lowest BCUT2D eigenvalue weighted by atomic mass is 9.86. The smallest absolute Gasteiger partial charge is 0.250 e. The second-order valence-electron chi connectivity index (χ2n) is 5.76. The number of carbonyl (C=O) groups excluding carboxylic acids is 1. The third-order valence-electron chi connectivity index (χ3n) is 4.24. The molecule has 2 nitrogen and oxygen atoms in total. The van der Waals surface area contributed by atoms with Crippen molar-refractivity contribution in [2.24, 2.45) is 0 Å². The Kier molecular flexibility index (Phi) is 5.13. The van der Waals surface area contributed by atoms with Crippen LogP contribution >= 0.6 is 45.5 Å². The van der Waals surface area contributed by atoms with Crippen LogP contribution in [0.3, 0.4) is 0 Å². The standard InChI is InChI=1S/C18H17ClINOS/c1-11-5-3-4-6-13(11)15-9-21(18(22)12(2)8-20)10-16-14(15)7-17(19)23-16/h3-7,15H,2,8-10H2,1H3/t15-/m1/s1. The van der Waals surface area contributed by atoms with Gasteiger partial charge in [-0.1, -0.05) is 65.0 Å². The molecule has 0 aliphatic carbocycles. The third kappa shape index (κ3) is 3.35. The number of hydrogen-bond acceptors (Lipinski definition) is 2. The van der Waals surface area contributed by atoms with Gasteiger partial charge in [-0.2, -0.15) is 0 Å². The molecule has 0 spiro atoms. The first-order valence-corrected chi connectivity index (χ1v) is 10.1. The van der Waals surface area contributed by atoms with Crippen molar-refractivity contribution in [3.63, 3.8) is 0 Å². The summed E-state index contributed by atoms with van der Waals surface area (Å²) in [7, 11) is 0.